The van der Waals surface area contributed by atoms with Crippen molar-refractivity contribution in [2.45, 2.75) is 26.3 Å². The van der Waals surface area contributed by atoms with Crippen molar-refractivity contribution in [3.63, 3.8) is 0 Å². The zero-order valence-electron chi connectivity index (χ0n) is 10.9. The zero-order chi connectivity index (χ0) is 13.0. The Hall–Kier alpha value is -1.71. The molecule has 3 heteroatoms. The number of pyridine rings is 1. The van der Waals surface area contributed by atoms with Gasteiger partial charge in [-0.05, 0) is 43.5 Å². The van der Waals surface area contributed by atoms with E-state index in [0.717, 1.165) is 12.1 Å². The van der Waals surface area contributed by atoms with Gasteiger partial charge in [0.25, 0.3) is 0 Å². The van der Waals surface area contributed by atoms with Crippen LogP contribution in [0, 0.1) is 13.8 Å². The van der Waals surface area contributed by atoms with E-state index < -0.39 is 0 Å². The lowest BCUT2D eigenvalue weighted by Gasteiger charge is -2.16. The van der Waals surface area contributed by atoms with Gasteiger partial charge < -0.3 is 0 Å². The lowest BCUT2D eigenvalue weighted by molar-refractivity contribution is 0.538. The lowest BCUT2D eigenvalue weighted by atomic mass is 10.0. The van der Waals surface area contributed by atoms with Crippen LogP contribution in [0.15, 0.2) is 42.6 Å². The van der Waals surface area contributed by atoms with Crippen LogP contribution in [-0.4, -0.2) is 4.98 Å². The molecule has 3 nitrogen and oxygen atoms in total. The van der Waals surface area contributed by atoms with Crippen LogP contribution in [0.25, 0.3) is 0 Å². The van der Waals surface area contributed by atoms with Crippen LogP contribution in [0.4, 0.5) is 0 Å². The monoisotopic (exact) mass is 241 g/mol. The van der Waals surface area contributed by atoms with Gasteiger partial charge in [0.2, 0.25) is 0 Å². The standard InChI is InChI=1S/C15H19N3/c1-11-3-5-13(6-4-11)10-15(18-16)14-9-12(2)7-8-17-14/h3-9,15,18H,10,16H2,1-2H3. The third kappa shape index (κ3) is 3.15. The van der Waals surface area contributed by atoms with Gasteiger partial charge in [-0.25, -0.2) is 0 Å². The number of nitrogens with two attached hydrogens (primary N) is 1. The highest BCUT2D eigenvalue weighted by Crippen LogP contribution is 2.17. The molecular weight excluding hydrogens is 222 g/mol. The van der Waals surface area contributed by atoms with E-state index in [0.29, 0.717) is 0 Å². The van der Waals surface area contributed by atoms with Crippen molar-refractivity contribution in [2.75, 3.05) is 0 Å². The van der Waals surface area contributed by atoms with Crippen LogP contribution < -0.4 is 11.3 Å². The van der Waals surface area contributed by atoms with Crippen LogP contribution in [0.1, 0.15) is 28.4 Å². The summed E-state index contributed by atoms with van der Waals surface area (Å²) in [4.78, 5) is 4.38. The van der Waals surface area contributed by atoms with Gasteiger partial charge in [0.15, 0.2) is 0 Å². The molecule has 1 heterocycles. The molecule has 1 aromatic heterocycles. The number of benzene rings is 1. The average Bonchev–Trinajstić information content (AvgIpc) is 2.38. The van der Waals surface area contributed by atoms with Gasteiger partial charge in [-0.15, -0.1) is 0 Å². The summed E-state index contributed by atoms with van der Waals surface area (Å²) in [6.45, 7) is 4.15. The van der Waals surface area contributed by atoms with E-state index in [1.165, 1.54) is 16.7 Å². The molecule has 0 fully saturated rings. The summed E-state index contributed by atoms with van der Waals surface area (Å²) in [5, 5.41) is 0. The maximum Gasteiger partial charge on any atom is 0.0672 e. The molecule has 0 saturated carbocycles. The molecular formula is C15H19N3. The molecule has 94 valence electrons. The van der Waals surface area contributed by atoms with Crippen LogP contribution >= 0.6 is 0 Å². The Bertz CT molecular complexity index is 505. The van der Waals surface area contributed by atoms with Crippen molar-refractivity contribution in [3.05, 3.63) is 65.0 Å². The Labute approximate surface area is 108 Å². The normalized spacial score (nSPS) is 12.4. The first-order valence-electron chi connectivity index (χ1n) is 6.13. The van der Waals surface area contributed by atoms with E-state index in [1.54, 1.807) is 0 Å². The number of aromatic nitrogens is 1. The van der Waals surface area contributed by atoms with Gasteiger partial charge in [-0.1, -0.05) is 29.8 Å². The van der Waals surface area contributed by atoms with Crippen molar-refractivity contribution in [3.8, 4) is 0 Å². The molecule has 0 spiro atoms. The Morgan fingerprint density at radius 2 is 1.83 bits per heavy atom. The molecule has 1 atom stereocenters. The van der Waals surface area contributed by atoms with Crippen LogP contribution in [-0.2, 0) is 6.42 Å². The molecule has 2 aromatic rings. The first-order chi connectivity index (χ1) is 8.69. The van der Waals surface area contributed by atoms with Gasteiger partial charge in [-0.2, -0.15) is 0 Å². The summed E-state index contributed by atoms with van der Waals surface area (Å²) in [7, 11) is 0. The first kappa shape index (κ1) is 12.7. The third-order valence-electron chi connectivity index (χ3n) is 3.06. The summed E-state index contributed by atoms with van der Waals surface area (Å²) in [5.74, 6) is 5.64. The summed E-state index contributed by atoms with van der Waals surface area (Å²) in [5.41, 5.74) is 7.55. The fourth-order valence-corrected chi connectivity index (χ4v) is 1.96. The molecule has 2 rings (SSSR count). The summed E-state index contributed by atoms with van der Waals surface area (Å²) in [6, 6.07) is 12.6. The molecule has 0 aliphatic carbocycles. The van der Waals surface area contributed by atoms with E-state index in [9.17, 15) is 0 Å². The third-order valence-corrected chi connectivity index (χ3v) is 3.06. The lowest BCUT2D eigenvalue weighted by Crippen LogP contribution is -2.30. The predicted molar refractivity (Wildman–Crippen MR) is 73.9 cm³/mol. The summed E-state index contributed by atoms with van der Waals surface area (Å²) < 4.78 is 0. The number of hydrogen-bond acceptors (Lipinski definition) is 3. The molecule has 18 heavy (non-hydrogen) atoms. The van der Waals surface area contributed by atoms with Gasteiger partial charge in [-0.3, -0.25) is 16.3 Å². The Balaban J connectivity index is 2.17. The molecule has 0 radical (unpaired) electrons. The van der Waals surface area contributed by atoms with E-state index in [4.69, 9.17) is 5.84 Å². The smallest absolute Gasteiger partial charge is 0.0672 e. The van der Waals surface area contributed by atoms with Crippen LogP contribution in [0.3, 0.4) is 0 Å². The predicted octanol–water partition coefficient (Wildman–Crippen LogP) is 2.45. The second-order valence-corrected chi connectivity index (χ2v) is 4.67. The molecule has 0 bridgehead atoms. The molecule has 1 aromatic carbocycles. The Kier molecular flexibility index (Phi) is 4.07. The van der Waals surface area contributed by atoms with E-state index in [1.807, 2.05) is 12.3 Å². The minimum atomic E-state index is 0.0487. The van der Waals surface area contributed by atoms with E-state index >= 15 is 0 Å². The quantitative estimate of drug-likeness (QED) is 0.638. The topological polar surface area (TPSA) is 50.9 Å². The molecule has 0 aliphatic heterocycles. The van der Waals surface area contributed by atoms with Crippen LogP contribution in [0.2, 0.25) is 0 Å². The fraction of sp³-hybridized carbons (Fsp3) is 0.267. The number of hydrogen-bond donors (Lipinski definition) is 2. The molecule has 0 aliphatic rings. The van der Waals surface area contributed by atoms with Crippen molar-refractivity contribution >= 4 is 0 Å². The van der Waals surface area contributed by atoms with Crippen molar-refractivity contribution < 1.29 is 0 Å². The first-order valence-corrected chi connectivity index (χ1v) is 6.13. The van der Waals surface area contributed by atoms with Crippen molar-refractivity contribution in [1.29, 1.82) is 0 Å². The van der Waals surface area contributed by atoms with Crippen molar-refractivity contribution in [1.82, 2.24) is 10.4 Å². The number of aryl methyl sites for hydroxylation is 2. The molecule has 1 unspecified atom stereocenters. The van der Waals surface area contributed by atoms with E-state index in [2.05, 4.69) is 54.6 Å². The number of nitrogens with zero attached hydrogens (tertiary/aromatic N) is 1. The summed E-state index contributed by atoms with van der Waals surface area (Å²) >= 11 is 0. The molecule has 0 saturated heterocycles. The maximum absolute atomic E-state index is 5.64. The summed E-state index contributed by atoms with van der Waals surface area (Å²) in [6.07, 6.45) is 2.66. The maximum atomic E-state index is 5.64. The largest absolute Gasteiger partial charge is 0.271 e. The molecule has 3 N–H and O–H groups in total. The van der Waals surface area contributed by atoms with Gasteiger partial charge >= 0.3 is 0 Å². The zero-order valence-corrected chi connectivity index (χ0v) is 10.9. The second-order valence-electron chi connectivity index (χ2n) is 4.67. The second kappa shape index (κ2) is 5.76. The van der Waals surface area contributed by atoms with Gasteiger partial charge in [0, 0.05) is 6.20 Å². The number of rotatable bonds is 4. The fourth-order valence-electron chi connectivity index (χ4n) is 1.96. The number of nitrogens with one attached hydrogen (secondary N) is 1. The highest BCUT2D eigenvalue weighted by atomic mass is 15.2. The minimum absolute atomic E-state index is 0.0487. The van der Waals surface area contributed by atoms with Gasteiger partial charge in [0.1, 0.15) is 0 Å². The Morgan fingerprint density at radius 1 is 1.11 bits per heavy atom. The SMILES string of the molecule is Cc1ccc(CC(NN)c2cc(C)ccn2)cc1. The van der Waals surface area contributed by atoms with Gasteiger partial charge in [0.05, 0.1) is 11.7 Å². The van der Waals surface area contributed by atoms with E-state index in [-0.39, 0.29) is 6.04 Å². The molecule has 0 amide bonds. The average molecular weight is 241 g/mol. The highest BCUT2D eigenvalue weighted by Gasteiger charge is 2.11. The van der Waals surface area contributed by atoms with Crippen molar-refractivity contribution in [2.24, 2.45) is 5.84 Å². The number of hydrazine groups is 1. The minimum Gasteiger partial charge on any atom is -0.271 e. The van der Waals surface area contributed by atoms with Crippen LogP contribution in [0.5, 0.6) is 0 Å². The Morgan fingerprint density at radius 3 is 2.44 bits per heavy atom. The highest BCUT2D eigenvalue weighted by molar-refractivity contribution is 5.24.